The summed E-state index contributed by atoms with van der Waals surface area (Å²) < 4.78 is 6.53. The smallest absolute Gasteiger partial charge is 0.159 e. The van der Waals surface area contributed by atoms with Gasteiger partial charge in [0.25, 0.3) is 0 Å². The Kier molecular flexibility index (Phi) is 4.90. The van der Waals surface area contributed by atoms with Gasteiger partial charge in [0.2, 0.25) is 0 Å². The lowest BCUT2D eigenvalue weighted by Crippen LogP contribution is -2.51. The number of allylic oxidation sites excluding steroid dienone is 4. The summed E-state index contributed by atoms with van der Waals surface area (Å²) in [4.78, 5) is 13.8. The van der Waals surface area contributed by atoms with Crippen molar-refractivity contribution in [3.8, 4) is 0 Å². The first-order valence-corrected chi connectivity index (χ1v) is 13.6. The van der Waals surface area contributed by atoms with E-state index in [0.29, 0.717) is 23.5 Å². The molecule has 1 aliphatic heterocycles. The monoisotopic (exact) mass is 446 g/mol. The molecule has 0 saturated heterocycles. The van der Waals surface area contributed by atoms with E-state index in [9.17, 15) is 4.79 Å². The largest absolute Gasteiger partial charge is 0.366 e. The molecule has 1 unspecified atom stereocenters. The minimum atomic E-state index is -0.0860. The molecule has 0 bridgehead atoms. The maximum absolute atomic E-state index is 12.5. The minimum absolute atomic E-state index is 0.0860. The molecule has 0 N–H and O–H groups in total. The van der Waals surface area contributed by atoms with Crippen LogP contribution in [0.1, 0.15) is 63.9 Å². The fourth-order valence-electron chi connectivity index (χ4n) is 7.96. The molecule has 0 aromatic heterocycles. The van der Waals surface area contributed by atoms with Gasteiger partial charge in [-0.3, -0.25) is 4.79 Å². The first kappa shape index (κ1) is 21.0. The summed E-state index contributed by atoms with van der Waals surface area (Å²) in [5, 5.41) is 0. The fourth-order valence-corrected chi connectivity index (χ4v) is 8.37. The van der Waals surface area contributed by atoms with Crippen LogP contribution in [0.5, 0.6) is 0 Å². The van der Waals surface area contributed by atoms with Crippen molar-refractivity contribution >= 4 is 17.5 Å². The van der Waals surface area contributed by atoms with Crippen LogP contribution in [0.25, 0.3) is 0 Å². The van der Waals surface area contributed by atoms with Gasteiger partial charge in [-0.2, -0.15) is 0 Å². The molecule has 32 heavy (non-hydrogen) atoms. The molecule has 1 aromatic rings. The molecular formula is C29H34O2S. The zero-order chi connectivity index (χ0) is 22.1. The van der Waals surface area contributed by atoms with E-state index in [4.69, 9.17) is 4.74 Å². The fraction of sp³-hybridized carbons (Fsp3) is 0.552. The number of benzene rings is 1. The predicted molar refractivity (Wildman–Crippen MR) is 131 cm³/mol. The van der Waals surface area contributed by atoms with Crippen LogP contribution in [-0.2, 0) is 9.53 Å². The van der Waals surface area contributed by atoms with E-state index in [2.05, 4.69) is 56.5 Å². The van der Waals surface area contributed by atoms with Crippen molar-refractivity contribution in [3.63, 3.8) is 0 Å². The lowest BCUT2D eigenvalue weighted by Gasteiger charge is -2.55. The molecule has 0 radical (unpaired) electrons. The zero-order valence-corrected chi connectivity index (χ0v) is 20.3. The topological polar surface area (TPSA) is 26.3 Å². The summed E-state index contributed by atoms with van der Waals surface area (Å²) in [6, 6.07) is 9.32. The third-order valence-electron chi connectivity index (χ3n) is 9.62. The predicted octanol–water partition coefficient (Wildman–Crippen LogP) is 6.88. The van der Waals surface area contributed by atoms with Crippen LogP contribution in [0, 0.1) is 23.2 Å². The number of ether oxygens (including phenoxy) is 1. The Morgan fingerprint density at radius 1 is 1.16 bits per heavy atom. The van der Waals surface area contributed by atoms with Gasteiger partial charge >= 0.3 is 0 Å². The quantitative estimate of drug-likeness (QED) is 0.366. The summed E-state index contributed by atoms with van der Waals surface area (Å²) in [6.07, 6.45) is 15.5. The first-order chi connectivity index (χ1) is 15.5. The third kappa shape index (κ3) is 2.86. The Bertz CT molecular complexity index is 1050. The number of hydrogen-bond acceptors (Lipinski definition) is 3. The Hall–Kier alpha value is -1.58. The number of ketones is 1. The van der Waals surface area contributed by atoms with Gasteiger partial charge in [-0.05, 0) is 91.5 Å². The van der Waals surface area contributed by atoms with E-state index < -0.39 is 0 Å². The zero-order valence-electron chi connectivity index (χ0n) is 19.5. The Balaban J connectivity index is 1.52. The van der Waals surface area contributed by atoms with Gasteiger partial charge in [0.05, 0.1) is 12.2 Å². The highest BCUT2D eigenvalue weighted by atomic mass is 32.2. The van der Waals surface area contributed by atoms with Crippen molar-refractivity contribution in [3.05, 3.63) is 64.8 Å². The minimum Gasteiger partial charge on any atom is -0.366 e. The molecule has 168 valence electrons. The van der Waals surface area contributed by atoms with Crippen molar-refractivity contribution in [2.45, 2.75) is 68.8 Å². The molecular weight excluding hydrogens is 412 g/mol. The Morgan fingerprint density at radius 3 is 2.69 bits per heavy atom. The molecule has 2 nitrogen and oxygen atoms in total. The second kappa shape index (κ2) is 7.46. The normalized spacial score (nSPS) is 40.3. The maximum atomic E-state index is 12.5. The second-order valence-electron chi connectivity index (χ2n) is 11.0. The first-order valence-electron chi connectivity index (χ1n) is 12.4. The summed E-state index contributed by atoms with van der Waals surface area (Å²) >= 11 is 1.81. The Morgan fingerprint density at radius 2 is 1.97 bits per heavy atom. The van der Waals surface area contributed by atoms with Gasteiger partial charge in [-0.15, -0.1) is 11.8 Å². The third-order valence-corrected chi connectivity index (χ3v) is 10.4. The van der Waals surface area contributed by atoms with Crippen LogP contribution >= 0.6 is 11.8 Å². The second-order valence-corrected chi connectivity index (χ2v) is 11.8. The van der Waals surface area contributed by atoms with Crippen molar-refractivity contribution < 1.29 is 9.53 Å². The summed E-state index contributed by atoms with van der Waals surface area (Å²) in [6.45, 7) is 5.41. The number of rotatable bonds is 2. The lowest BCUT2D eigenvalue weighted by molar-refractivity contribution is -0.118. The van der Waals surface area contributed by atoms with Crippen LogP contribution in [0.3, 0.4) is 0 Å². The van der Waals surface area contributed by atoms with Gasteiger partial charge in [0.15, 0.2) is 5.78 Å². The lowest BCUT2D eigenvalue weighted by atomic mass is 9.51. The van der Waals surface area contributed by atoms with Gasteiger partial charge in [-0.1, -0.05) is 43.7 Å². The standard InChI is InChI=1S/C29H34O2S/c1-18-15-23-20(16-26(18)30)7-10-22-25-11-13-29(12-4-14-31-29)28(25,2)17-24(27(22)23)19-5-8-21(32-3)9-6-19/h4-6,8-9,12,16,18,22,24-25H,7,10-11,13-15,17H2,1-3H3/t18-,22-,24+,25-,28-,29?/m0/s1. The van der Waals surface area contributed by atoms with Crippen LogP contribution in [0.15, 0.2) is 64.1 Å². The summed E-state index contributed by atoms with van der Waals surface area (Å²) in [7, 11) is 0. The molecule has 3 heteroatoms. The van der Waals surface area contributed by atoms with Gasteiger partial charge in [0.1, 0.15) is 0 Å². The summed E-state index contributed by atoms with van der Waals surface area (Å²) in [5.41, 5.74) is 6.09. The van der Waals surface area contributed by atoms with Crippen molar-refractivity contribution in [1.29, 1.82) is 0 Å². The molecule has 2 saturated carbocycles. The van der Waals surface area contributed by atoms with Gasteiger partial charge in [-0.25, -0.2) is 0 Å². The van der Waals surface area contributed by atoms with Crippen LogP contribution in [0.2, 0.25) is 0 Å². The number of fused-ring (bicyclic) bond motifs is 5. The van der Waals surface area contributed by atoms with Crippen LogP contribution in [-0.4, -0.2) is 24.2 Å². The van der Waals surface area contributed by atoms with E-state index in [1.807, 2.05) is 17.8 Å². The van der Waals surface area contributed by atoms with Crippen LogP contribution < -0.4 is 0 Å². The van der Waals surface area contributed by atoms with E-state index in [1.54, 1.807) is 5.57 Å². The van der Waals surface area contributed by atoms with E-state index in [-0.39, 0.29) is 16.9 Å². The SMILES string of the molecule is CSc1ccc([C@H]2C[C@@]3(C)[C@@H](CCC34C=CCO4)[C@@H]3CCC4=CC(=O)[C@@H](C)CC4=C32)cc1. The highest BCUT2D eigenvalue weighted by Crippen LogP contribution is 2.68. The van der Waals surface area contributed by atoms with E-state index >= 15 is 0 Å². The molecule has 1 aromatic carbocycles. The average molecular weight is 447 g/mol. The molecule has 6 atom stereocenters. The highest BCUT2D eigenvalue weighted by Gasteiger charge is 2.63. The molecule has 5 aliphatic rings. The van der Waals surface area contributed by atoms with Crippen molar-refractivity contribution in [1.82, 2.24) is 0 Å². The molecule has 4 aliphatic carbocycles. The number of carbonyl (C=O) groups excluding carboxylic acids is 1. The highest BCUT2D eigenvalue weighted by molar-refractivity contribution is 7.98. The number of carbonyl (C=O) groups is 1. The number of thioether (sulfide) groups is 1. The molecule has 1 spiro atoms. The average Bonchev–Trinajstić information content (AvgIpc) is 3.40. The number of hydrogen-bond donors (Lipinski definition) is 0. The molecule has 1 heterocycles. The Labute approximate surface area is 196 Å². The molecule has 0 amide bonds. The maximum Gasteiger partial charge on any atom is 0.159 e. The molecule has 2 fully saturated rings. The van der Waals surface area contributed by atoms with Crippen molar-refractivity contribution in [2.24, 2.45) is 23.2 Å². The molecule has 6 rings (SSSR count). The van der Waals surface area contributed by atoms with Crippen molar-refractivity contribution in [2.75, 3.05) is 12.9 Å². The van der Waals surface area contributed by atoms with E-state index in [1.165, 1.54) is 34.4 Å². The van der Waals surface area contributed by atoms with Gasteiger partial charge < -0.3 is 4.74 Å². The summed E-state index contributed by atoms with van der Waals surface area (Å²) in [5.74, 6) is 2.15. The van der Waals surface area contributed by atoms with Gasteiger partial charge in [0, 0.05) is 22.1 Å². The van der Waals surface area contributed by atoms with E-state index in [0.717, 1.165) is 32.3 Å². The van der Waals surface area contributed by atoms with Crippen LogP contribution in [0.4, 0.5) is 0 Å².